The van der Waals surface area contributed by atoms with E-state index in [-0.39, 0.29) is 16.8 Å². The van der Waals surface area contributed by atoms with Crippen molar-refractivity contribution in [3.05, 3.63) is 0 Å². The zero-order valence-electron chi connectivity index (χ0n) is 8.41. The fourth-order valence-electron chi connectivity index (χ4n) is 1.47. The maximum Gasteiger partial charge on any atom is 0.235 e. The maximum absolute atomic E-state index is 11.6. The van der Waals surface area contributed by atoms with Gasteiger partial charge in [0.25, 0.3) is 0 Å². The first-order valence-electron chi connectivity index (χ1n) is 4.53. The number of hydrogen-bond donors (Lipinski definition) is 1. The van der Waals surface area contributed by atoms with Crippen LogP contribution in [0.5, 0.6) is 0 Å². The predicted octanol–water partition coefficient (Wildman–Crippen LogP) is 0.942. The van der Waals surface area contributed by atoms with Crippen molar-refractivity contribution in [2.45, 2.75) is 31.6 Å². The molecule has 1 aliphatic heterocycles. The first-order chi connectivity index (χ1) is 5.92. The van der Waals surface area contributed by atoms with E-state index in [1.54, 1.807) is 6.92 Å². The summed E-state index contributed by atoms with van der Waals surface area (Å²) in [6.07, 6.45) is 0. The van der Waals surface area contributed by atoms with Crippen LogP contribution < -0.4 is 0 Å². The van der Waals surface area contributed by atoms with Crippen molar-refractivity contribution >= 4 is 18.5 Å². The fourth-order valence-corrected chi connectivity index (χ4v) is 1.63. The molecule has 1 atom stereocenters. The molecule has 0 spiro atoms. The standard InChI is InChI=1S/C9H17NO2S/c1-7(13)8(11)10-4-5-12-9(2,3)6-10/h7,13H,4-6H2,1-3H3. The lowest BCUT2D eigenvalue weighted by atomic mass is 10.1. The van der Waals surface area contributed by atoms with Crippen LogP contribution in [0.1, 0.15) is 20.8 Å². The predicted molar refractivity (Wildman–Crippen MR) is 55.1 cm³/mol. The second-order valence-electron chi connectivity index (χ2n) is 4.04. The van der Waals surface area contributed by atoms with Crippen molar-refractivity contribution in [3.63, 3.8) is 0 Å². The lowest BCUT2D eigenvalue weighted by Crippen LogP contribution is -2.52. The average molecular weight is 203 g/mol. The average Bonchev–Trinajstić information content (AvgIpc) is 2.01. The van der Waals surface area contributed by atoms with Crippen LogP contribution in [0.25, 0.3) is 0 Å². The SMILES string of the molecule is CC(S)C(=O)N1CCOC(C)(C)C1. The second kappa shape index (κ2) is 3.88. The molecule has 1 heterocycles. The Morgan fingerprint density at radius 3 is 2.69 bits per heavy atom. The second-order valence-corrected chi connectivity index (χ2v) is 4.82. The third-order valence-corrected chi connectivity index (χ3v) is 2.32. The highest BCUT2D eigenvalue weighted by Crippen LogP contribution is 2.17. The van der Waals surface area contributed by atoms with Crippen LogP contribution >= 0.6 is 12.6 Å². The van der Waals surface area contributed by atoms with Gasteiger partial charge in [-0.25, -0.2) is 0 Å². The highest BCUT2D eigenvalue weighted by atomic mass is 32.1. The van der Waals surface area contributed by atoms with Gasteiger partial charge in [0.2, 0.25) is 5.91 Å². The third kappa shape index (κ3) is 2.88. The number of carbonyl (C=O) groups is 1. The van der Waals surface area contributed by atoms with Crippen LogP contribution in [0.3, 0.4) is 0 Å². The van der Waals surface area contributed by atoms with Crippen molar-refractivity contribution in [3.8, 4) is 0 Å². The molecule has 1 rings (SSSR count). The molecule has 0 aromatic carbocycles. The number of thiol groups is 1. The number of nitrogens with zero attached hydrogens (tertiary/aromatic N) is 1. The van der Waals surface area contributed by atoms with Crippen molar-refractivity contribution in [2.24, 2.45) is 0 Å². The first-order valence-corrected chi connectivity index (χ1v) is 5.05. The highest BCUT2D eigenvalue weighted by molar-refractivity contribution is 7.81. The minimum Gasteiger partial charge on any atom is -0.372 e. The summed E-state index contributed by atoms with van der Waals surface area (Å²) in [6.45, 7) is 7.77. The number of ether oxygens (including phenoxy) is 1. The molecule has 0 N–H and O–H groups in total. The molecule has 13 heavy (non-hydrogen) atoms. The van der Waals surface area contributed by atoms with Crippen LogP contribution in [0.2, 0.25) is 0 Å². The summed E-state index contributed by atoms with van der Waals surface area (Å²) in [6, 6.07) is 0. The van der Waals surface area contributed by atoms with E-state index in [0.717, 1.165) is 0 Å². The Morgan fingerprint density at radius 1 is 1.62 bits per heavy atom. The van der Waals surface area contributed by atoms with Gasteiger partial charge >= 0.3 is 0 Å². The van der Waals surface area contributed by atoms with Crippen molar-refractivity contribution in [2.75, 3.05) is 19.7 Å². The first kappa shape index (κ1) is 10.9. The largest absolute Gasteiger partial charge is 0.372 e. The van der Waals surface area contributed by atoms with E-state index < -0.39 is 0 Å². The fraction of sp³-hybridized carbons (Fsp3) is 0.889. The van der Waals surface area contributed by atoms with Gasteiger partial charge in [-0.15, -0.1) is 0 Å². The molecule has 3 nitrogen and oxygen atoms in total. The van der Waals surface area contributed by atoms with Gasteiger partial charge < -0.3 is 9.64 Å². The summed E-state index contributed by atoms with van der Waals surface area (Å²) in [7, 11) is 0. The third-order valence-electron chi connectivity index (χ3n) is 2.09. The van der Waals surface area contributed by atoms with Crippen molar-refractivity contribution < 1.29 is 9.53 Å². The highest BCUT2D eigenvalue weighted by Gasteiger charge is 2.30. The van der Waals surface area contributed by atoms with Crippen LogP contribution in [0, 0.1) is 0 Å². The number of carbonyl (C=O) groups excluding carboxylic acids is 1. The Balaban J connectivity index is 2.57. The van der Waals surface area contributed by atoms with E-state index in [2.05, 4.69) is 12.6 Å². The lowest BCUT2D eigenvalue weighted by molar-refractivity contribution is -0.145. The Hall–Kier alpha value is -0.220. The number of morpholine rings is 1. The quantitative estimate of drug-likeness (QED) is 0.643. The van der Waals surface area contributed by atoms with E-state index in [1.165, 1.54) is 0 Å². The zero-order chi connectivity index (χ0) is 10.1. The van der Waals surface area contributed by atoms with Crippen LogP contribution in [0.15, 0.2) is 0 Å². The molecule has 0 radical (unpaired) electrons. The van der Waals surface area contributed by atoms with Crippen molar-refractivity contribution in [1.29, 1.82) is 0 Å². The normalized spacial score (nSPS) is 24.2. The van der Waals surface area contributed by atoms with E-state index in [1.807, 2.05) is 18.7 Å². The van der Waals surface area contributed by atoms with Crippen LogP contribution in [-0.2, 0) is 9.53 Å². The van der Waals surface area contributed by atoms with Gasteiger partial charge in [-0.2, -0.15) is 12.6 Å². The molecule has 0 aliphatic carbocycles. The lowest BCUT2D eigenvalue weighted by Gasteiger charge is -2.38. The van der Waals surface area contributed by atoms with E-state index in [9.17, 15) is 4.79 Å². The van der Waals surface area contributed by atoms with E-state index in [4.69, 9.17) is 4.74 Å². The van der Waals surface area contributed by atoms with Crippen LogP contribution in [-0.4, -0.2) is 41.4 Å². The minimum absolute atomic E-state index is 0.0970. The number of rotatable bonds is 1. The van der Waals surface area contributed by atoms with Gasteiger partial charge in [0, 0.05) is 13.1 Å². The molecule has 1 unspecified atom stereocenters. The maximum atomic E-state index is 11.6. The molecule has 1 aliphatic rings. The van der Waals surface area contributed by atoms with Gasteiger partial charge in [-0.1, -0.05) is 0 Å². The molecule has 0 saturated carbocycles. The number of amides is 1. The van der Waals surface area contributed by atoms with Gasteiger partial charge in [-0.3, -0.25) is 4.79 Å². The monoisotopic (exact) mass is 203 g/mol. The smallest absolute Gasteiger partial charge is 0.235 e. The summed E-state index contributed by atoms with van der Waals surface area (Å²) in [5.41, 5.74) is -0.212. The summed E-state index contributed by atoms with van der Waals surface area (Å²) >= 11 is 4.13. The van der Waals surface area contributed by atoms with Gasteiger partial charge in [0.05, 0.1) is 17.5 Å². The van der Waals surface area contributed by atoms with Gasteiger partial charge in [-0.05, 0) is 20.8 Å². The summed E-state index contributed by atoms with van der Waals surface area (Å²) in [5, 5.41) is -0.214. The molecule has 0 aromatic rings. The minimum atomic E-state index is -0.214. The van der Waals surface area contributed by atoms with Gasteiger partial charge in [0.1, 0.15) is 0 Å². The molecule has 1 fully saturated rings. The molecular weight excluding hydrogens is 186 g/mol. The number of hydrogen-bond acceptors (Lipinski definition) is 3. The van der Waals surface area contributed by atoms with Crippen LogP contribution in [0.4, 0.5) is 0 Å². The Labute approximate surface area is 84.8 Å². The van der Waals surface area contributed by atoms with E-state index >= 15 is 0 Å². The summed E-state index contributed by atoms with van der Waals surface area (Å²) in [4.78, 5) is 13.4. The summed E-state index contributed by atoms with van der Waals surface area (Å²) < 4.78 is 5.51. The molecule has 76 valence electrons. The Kier molecular flexibility index (Phi) is 3.24. The Bertz CT molecular complexity index is 204. The topological polar surface area (TPSA) is 29.5 Å². The summed E-state index contributed by atoms with van der Waals surface area (Å²) in [5.74, 6) is 0.0970. The Morgan fingerprint density at radius 2 is 2.23 bits per heavy atom. The molecule has 0 aromatic heterocycles. The molecule has 1 amide bonds. The molecule has 0 bridgehead atoms. The molecule has 4 heteroatoms. The molecular formula is C9H17NO2S. The zero-order valence-corrected chi connectivity index (χ0v) is 9.30. The van der Waals surface area contributed by atoms with Crippen molar-refractivity contribution in [1.82, 2.24) is 4.90 Å². The van der Waals surface area contributed by atoms with Gasteiger partial charge in [0.15, 0.2) is 0 Å². The molecule has 1 saturated heterocycles. The van der Waals surface area contributed by atoms with E-state index in [0.29, 0.717) is 19.7 Å².